The van der Waals surface area contributed by atoms with Crippen LogP contribution in [-0.2, 0) is 11.0 Å². The molecule has 1 unspecified atom stereocenters. The van der Waals surface area contributed by atoms with Crippen molar-refractivity contribution < 1.29 is 22.8 Å². The van der Waals surface area contributed by atoms with E-state index in [1.807, 2.05) is 0 Å². The number of primary amides is 1. The van der Waals surface area contributed by atoms with Gasteiger partial charge in [0.2, 0.25) is 5.91 Å². The normalized spacial score (nSPS) is 17.3. The van der Waals surface area contributed by atoms with Gasteiger partial charge in [0.1, 0.15) is 6.04 Å². The molecule has 2 amide bonds. The SMILES string of the molecule is NC(=O)C1CCCN1C(=O)c1cccc(-c2cc(C(F)(F)F)ccn2)c1. The molecule has 0 saturated carbocycles. The van der Waals surface area contributed by atoms with Crippen LogP contribution in [0, 0.1) is 0 Å². The number of amides is 2. The first-order valence-corrected chi connectivity index (χ1v) is 8.01. The number of halogens is 3. The molecule has 8 heteroatoms. The molecule has 1 atom stereocenters. The number of hydrogen-bond acceptors (Lipinski definition) is 3. The number of benzene rings is 1. The van der Waals surface area contributed by atoms with E-state index in [0.29, 0.717) is 24.9 Å². The van der Waals surface area contributed by atoms with E-state index in [4.69, 9.17) is 5.73 Å². The van der Waals surface area contributed by atoms with Gasteiger partial charge in [-0.15, -0.1) is 0 Å². The lowest BCUT2D eigenvalue weighted by Crippen LogP contribution is -2.43. The molecular weight excluding hydrogens is 347 g/mol. The highest BCUT2D eigenvalue weighted by molar-refractivity contribution is 5.98. The molecule has 1 aliphatic heterocycles. The van der Waals surface area contributed by atoms with Gasteiger partial charge in [-0.05, 0) is 37.1 Å². The summed E-state index contributed by atoms with van der Waals surface area (Å²) < 4.78 is 38.6. The van der Waals surface area contributed by atoms with Crippen LogP contribution in [-0.4, -0.2) is 34.3 Å². The Morgan fingerprint density at radius 2 is 1.96 bits per heavy atom. The maximum absolute atomic E-state index is 12.9. The van der Waals surface area contributed by atoms with Crippen molar-refractivity contribution in [3.8, 4) is 11.3 Å². The van der Waals surface area contributed by atoms with Crippen molar-refractivity contribution in [2.24, 2.45) is 5.73 Å². The van der Waals surface area contributed by atoms with Gasteiger partial charge in [-0.25, -0.2) is 0 Å². The average molecular weight is 363 g/mol. The fourth-order valence-electron chi connectivity index (χ4n) is 3.05. The Balaban J connectivity index is 1.92. The summed E-state index contributed by atoms with van der Waals surface area (Å²) in [6.07, 6.45) is -2.21. The molecule has 0 aliphatic carbocycles. The van der Waals surface area contributed by atoms with Crippen LogP contribution in [0.5, 0.6) is 0 Å². The molecule has 1 fully saturated rings. The van der Waals surface area contributed by atoms with Crippen LogP contribution in [0.3, 0.4) is 0 Å². The molecule has 1 aromatic carbocycles. The fraction of sp³-hybridized carbons (Fsp3) is 0.278. The molecule has 2 heterocycles. The standard InChI is InChI=1S/C18H16F3N3O2/c19-18(20,21)13-6-7-23-14(10-13)11-3-1-4-12(9-11)17(26)24-8-2-5-15(24)16(22)25/h1,3-4,6-7,9-10,15H,2,5,8H2,(H2,22,25). The average Bonchev–Trinajstić information content (AvgIpc) is 3.10. The zero-order valence-electron chi connectivity index (χ0n) is 13.7. The van der Waals surface area contributed by atoms with E-state index in [9.17, 15) is 22.8 Å². The van der Waals surface area contributed by atoms with Crippen molar-refractivity contribution in [3.05, 3.63) is 53.7 Å². The topological polar surface area (TPSA) is 76.3 Å². The summed E-state index contributed by atoms with van der Waals surface area (Å²) in [5.41, 5.74) is 5.29. The van der Waals surface area contributed by atoms with Crippen LogP contribution >= 0.6 is 0 Å². The molecule has 1 aromatic heterocycles. The van der Waals surface area contributed by atoms with Gasteiger partial charge in [0, 0.05) is 23.9 Å². The van der Waals surface area contributed by atoms with Gasteiger partial charge in [0.05, 0.1) is 11.3 Å². The third-order valence-corrected chi connectivity index (χ3v) is 4.33. The molecule has 0 radical (unpaired) electrons. The summed E-state index contributed by atoms with van der Waals surface area (Å²) in [6, 6.07) is 7.34. The Hall–Kier alpha value is -2.90. The lowest BCUT2D eigenvalue weighted by molar-refractivity contribution is -0.137. The Bertz CT molecular complexity index is 852. The van der Waals surface area contributed by atoms with Crippen LogP contribution in [0.4, 0.5) is 13.2 Å². The van der Waals surface area contributed by atoms with E-state index in [1.54, 1.807) is 18.2 Å². The van der Waals surface area contributed by atoms with Gasteiger partial charge in [-0.3, -0.25) is 14.6 Å². The second-order valence-corrected chi connectivity index (χ2v) is 6.07. The number of pyridine rings is 1. The number of nitrogens with zero attached hydrogens (tertiary/aromatic N) is 2. The summed E-state index contributed by atoms with van der Waals surface area (Å²) in [4.78, 5) is 29.5. The van der Waals surface area contributed by atoms with E-state index in [0.717, 1.165) is 18.3 Å². The predicted molar refractivity (Wildman–Crippen MR) is 87.9 cm³/mol. The maximum atomic E-state index is 12.9. The number of rotatable bonds is 3. The molecule has 1 aliphatic rings. The van der Waals surface area contributed by atoms with Gasteiger partial charge in [-0.2, -0.15) is 13.2 Å². The lowest BCUT2D eigenvalue weighted by Gasteiger charge is -2.22. The zero-order chi connectivity index (χ0) is 18.9. The molecule has 1 saturated heterocycles. The third-order valence-electron chi connectivity index (χ3n) is 4.33. The minimum atomic E-state index is -4.48. The van der Waals surface area contributed by atoms with Crippen molar-refractivity contribution in [2.75, 3.05) is 6.54 Å². The molecule has 0 spiro atoms. The highest BCUT2D eigenvalue weighted by atomic mass is 19.4. The van der Waals surface area contributed by atoms with Gasteiger partial charge in [0.15, 0.2) is 0 Å². The minimum absolute atomic E-state index is 0.113. The van der Waals surface area contributed by atoms with Crippen LogP contribution in [0.25, 0.3) is 11.3 Å². The van der Waals surface area contributed by atoms with Crippen LogP contribution in [0.15, 0.2) is 42.6 Å². The minimum Gasteiger partial charge on any atom is -0.368 e. The molecule has 0 bridgehead atoms. The molecule has 3 rings (SSSR count). The van der Waals surface area contributed by atoms with Gasteiger partial charge >= 0.3 is 6.18 Å². The van der Waals surface area contributed by atoms with Crippen molar-refractivity contribution in [1.82, 2.24) is 9.88 Å². The van der Waals surface area contributed by atoms with E-state index in [2.05, 4.69) is 4.98 Å². The highest BCUT2D eigenvalue weighted by Gasteiger charge is 2.33. The summed E-state index contributed by atoms with van der Waals surface area (Å²) in [5, 5.41) is 0. The summed E-state index contributed by atoms with van der Waals surface area (Å²) in [5.74, 6) is -0.938. The van der Waals surface area contributed by atoms with E-state index in [-0.39, 0.29) is 17.2 Å². The van der Waals surface area contributed by atoms with Crippen LogP contribution in [0.2, 0.25) is 0 Å². The third kappa shape index (κ3) is 3.54. The molecule has 2 aromatic rings. The molecule has 136 valence electrons. The van der Waals surface area contributed by atoms with Crippen LogP contribution < -0.4 is 5.73 Å². The number of likely N-dealkylation sites (tertiary alicyclic amines) is 1. The summed E-state index contributed by atoms with van der Waals surface area (Å²) in [7, 11) is 0. The van der Waals surface area contributed by atoms with E-state index >= 15 is 0 Å². The largest absolute Gasteiger partial charge is 0.416 e. The predicted octanol–water partition coefficient (Wildman–Crippen LogP) is 2.86. The van der Waals surface area contributed by atoms with Crippen molar-refractivity contribution in [2.45, 2.75) is 25.1 Å². The van der Waals surface area contributed by atoms with E-state index < -0.39 is 23.7 Å². The first-order chi connectivity index (χ1) is 12.3. The van der Waals surface area contributed by atoms with E-state index in [1.165, 1.54) is 11.0 Å². The summed E-state index contributed by atoms with van der Waals surface area (Å²) >= 11 is 0. The second-order valence-electron chi connectivity index (χ2n) is 6.07. The quantitative estimate of drug-likeness (QED) is 0.911. The zero-order valence-corrected chi connectivity index (χ0v) is 13.7. The molecule has 26 heavy (non-hydrogen) atoms. The smallest absolute Gasteiger partial charge is 0.368 e. The Morgan fingerprint density at radius 3 is 2.65 bits per heavy atom. The Morgan fingerprint density at radius 1 is 1.19 bits per heavy atom. The molecular formula is C18H16F3N3O2. The first-order valence-electron chi connectivity index (χ1n) is 8.01. The maximum Gasteiger partial charge on any atom is 0.416 e. The van der Waals surface area contributed by atoms with Crippen molar-refractivity contribution >= 4 is 11.8 Å². The Labute approximate surface area is 147 Å². The first kappa shape index (κ1) is 17.9. The molecule has 2 N–H and O–H groups in total. The fourth-order valence-corrected chi connectivity index (χ4v) is 3.05. The van der Waals surface area contributed by atoms with Crippen molar-refractivity contribution in [3.63, 3.8) is 0 Å². The van der Waals surface area contributed by atoms with Gasteiger partial charge in [0.25, 0.3) is 5.91 Å². The van der Waals surface area contributed by atoms with Crippen LogP contribution in [0.1, 0.15) is 28.8 Å². The van der Waals surface area contributed by atoms with Gasteiger partial charge < -0.3 is 10.6 Å². The summed E-state index contributed by atoms with van der Waals surface area (Å²) in [6.45, 7) is 0.415. The number of carbonyl (C=O) groups is 2. The highest BCUT2D eigenvalue weighted by Crippen LogP contribution is 2.31. The number of hydrogen-bond donors (Lipinski definition) is 1. The molecule has 5 nitrogen and oxygen atoms in total. The van der Waals surface area contributed by atoms with Crippen molar-refractivity contribution in [1.29, 1.82) is 0 Å². The lowest BCUT2D eigenvalue weighted by atomic mass is 10.0. The number of alkyl halides is 3. The Kier molecular flexibility index (Phi) is 4.67. The second kappa shape index (κ2) is 6.78. The number of aromatic nitrogens is 1. The van der Waals surface area contributed by atoms with Gasteiger partial charge in [-0.1, -0.05) is 12.1 Å². The monoisotopic (exact) mass is 363 g/mol. The number of nitrogens with two attached hydrogens (primary N) is 1. The number of carbonyl (C=O) groups excluding carboxylic acids is 2.